The summed E-state index contributed by atoms with van der Waals surface area (Å²) in [5.41, 5.74) is 1.59. The largest absolute Gasteiger partial charge is 0.342 e. The lowest BCUT2D eigenvalue weighted by molar-refractivity contribution is -0.132. The first-order valence-corrected chi connectivity index (χ1v) is 11.0. The Bertz CT molecular complexity index is 875. The van der Waals surface area contributed by atoms with Gasteiger partial charge in [-0.25, -0.2) is 13.4 Å². The fraction of sp³-hybridized carbons (Fsp3) is 0.444. The molecule has 1 N–H and O–H groups in total. The maximum atomic E-state index is 12.4. The minimum Gasteiger partial charge on any atom is -0.342 e. The zero-order chi connectivity index (χ0) is 18.7. The van der Waals surface area contributed by atoms with Gasteiger partial charge in [-0.1, -0.05) is 24.6 Å². The molecule has 2 heterocycles. The van der Waals surface area contributed by atoms with Gasteiger partial charge in [0.15, 0.2) is 5.13 Å². The number of nitrogens with one attached hydrogen (secondary N) is 1. The first-order chi connectivity index (χ1) is 12.3. The second kappa shape index (κ2) is 7.75. The number of piperidine rings is 1. The molecule has 0 radical (unpaired) electrons. The molecule has 8 heteroatoms. The van der Waals surface area contributed by atoms with E-state index in [1.807, 2.05) is 11.8 Å². The number of aromatic nitrogens is 1. The molecule has 1 fully saturated rings. The highest BCUT2D eigenvalue weighted by Crippen LogP contribution is 2.22. The van der Waals surface area contributed by atoms with Crippen molar-refractivity contribution in [1.82, 2.24) is 9.88 Å². The van der Waals surface area contributed by atoms with Gasteiger partial charge in [0.25, 0.3) is 10.0 Å². The van der Waals surface area contributed by atoms with E-state index < -0.39 is 10.0 Å². The fourth-order valence-electron chi connectivity index (χ4n) is 3.01. The fourth-order valence-corrected chi connectivity index (χ4v) is 4.97. The van der Waals surface area contributed by atoms with Crippen molar-refractivity contribution >= 4 is 32.4 Å². The normalized spacial score (nSPS) is 17.9. The molecule has 0 saturated carbocycles. The van der Waals surface area contributed by atoms with Crippen molar-refractivity contribution in [1.29, 1.82) is 0 Å². The van der Waals surface area contributed by atoms with Gasteiger partial charge in [-0.3, -0.25) is 9.52 Å². The summed E-state index contributed by atoms with van der Waals surface area (Å²) in [5.74, 6) is 0.579. The highest BCUT2D eigenvalue weighted by molar-refractivity contribution is 7.93. The molecule has 1 aromatic carbocycles. The molecule has 1 saturated heterocycles. The summed E-state index contributed by atoms with van der Waals surface area (Å²) in [7, 11) is -3.67. The molecule has 0 aliphatic carbocycles. The van der Waals surface area contributed by atoms with Crippen LogP contribution in [0.15, 0.2) is 34.5 Å². The number of benzene rings is 1. The number of sulfonamides is 1. The average molecular weight is 394 g/mol. The van der Waals surface area contributed by atoms with Crippen LogP contribution in [-0.4, -0.2) is 37.3 Å². The van der Waals surface area contributed by atoms with Crippen LogP contribution in [0.2, 0.25) is 0 Å². The summed E-state index contributed by atoms with van der Waals surface area (Å²) >= 11 is 1.19. The third-order valence-corrected chi connectivity index (χ3v) is 6.74. The quantitative estimate of drug-likeness (QED) is 0.847. The molecule has 0 spiro atoms. The Morgan fingerprint density at radius 3 is 2.77 bits per heavy atom. The number of carbonyl (C=O) groups excluding carboxylic acids is 1. The number of hydrogen-bond donors (Lipinski definition) is 1. The van der Waals surface area contributed by atoms with Crippen LogP contribution in [0.4, 0.5) is 5.13 Å². The van der Waals surface area contributed by atoms with Crippen LogP contribution in [0, 0.1) is 12.8 Å². The summed E-state index contributed by atoms with van der Waals surface area (Å²) < 4.78 is 27.3. The lowest BCUT2D eigenvalue weighted by Crippen LogP contribution is -2.39. The third kappa shape index (κ3) is 4.62. The van der Waals surface area contributed by atoms with Crippen molar-refractivity contribution in [3.63, 3.8) is 0 Å². The molecular weight excluding hydrogens is 370 g/mol. The minimum absolute atomic E-state index is 0.0507. The Balaban J connectivity index is 1.64. The first-order valence-electron chi connectivity index (χ1n) is 8.65. The zero-order valence-electron chi connectivity index (χ0n) is 14.9. The standard InChI is InChI=1S/C18H23N3O3S2/c1-13-5-7-16(8-6-13)26(23,24)20-18-19-15(12-25-18)10-17(22)21-9-3-4-14(2)11-21/h5-8,12,14H,3-4,9-11H2,1-2H3,(H,19,20)/t14-/m0/s1. The van der Waals surface area contributed by atoms with E-state index in [0.717, 1.165) is 31.5 Å². The SMILES string of the molecule is Cc1ccc(S(=O)(=O)Nc2nc(CC(=O)N3CCC[C@H](C)C3)cs2)cc1. The third-order valence-electron chi connectivity index (χ3n) is 4.45. The Hall–Kier alpha value is -1.93. The number of anilines is 1. The van der Waals surface area contributed by atoms with Crippen LogP contribution in [0.3, 0.4) is 0 Å². The number of hydrogen-bond acceptors (Lipinski definition) is 5. The molecule has 3 rings (SSSR count). The number of carbonyl (C=O) groups is 1. The van der Waals surface area contributed by atoms with Crippen molar-refractivity contribution in [2.75, 3.05) is 17.8 Å². The molecule has 1 aliphatic heterocycles. The lowest BCUT2D eigenvalue weighted by atomic mass is 10.00. The number of rotatable bonds is 5. The second-order valence-electron chi connectivity index (χ2n) is 6.83. The maximum absolute atomic E-state index is 12.4. The molecular formula is C18H23N3O3S2. The molecule has 1 amide bonds. The molecule has 140 valence electrons. The van der Waals surface area contributed by atoms with Gasteiger partial charge in [0.1, 0.15) is 0 Å². The second-order valence-corrected chi connectivity index (χ2v) is 9.37. The maximum Gasteiger partial charge on any atom is 0.263 e. The Kier molecular flexibility index (Phi) is 5.62. The monoisotopic (exact) mass is 393 g/mol. The van der Waals surface area contributed by atoms with E-state index in [2.05, 4.69) is 16.6 Å². The highest BCUT2D eigenvalue weighted by Gasteiger charge is 2.22. The summed E-state index contributed by atoms with van der Waals surface area (Å²) in [4.78, 5) is 18.8. The topological polar surface area (TPSA) is 79.4 Å². The van der Waals surface area contributed by atoms with E-state index in [1.165, 1.54) is 11.3 Å². The van der Waals surface area contributed by atoms with Crippen molar-refractivity contribution in [2.24, 2.45) is 5.92 Å². The van der Waals surface area contributed by atoms with Crippen LogP contribution in [-0.2, 0) is 21.2 Å². The first kappa shape index (κ1) is 18.8. The predicted octanol–water partition coefficient (Wildman–Crippen LogP) is 3.05. The smallest absolute Gasteiger partial charge is 0.263 e. The molecule has 0 bridgehead atoms. The Morgan fingerprint density at radius 1 is 1.35 bits per heavy atom. The summed E-state index contributed by atoms with van der Waals surface area (Å²) in [6.45, 7) is 5.63. The predicted molar refractivity (Wildman–Crippen MR) is 103 cm³/mol. The summed E-state index contributed by atoms with van der Waals surface area (Å²) in [6.07, 6.45) is 2.40. The van der Waals surface area contributed by atoms with Crippen LogP contribution in [0.1, 0.15) is 31.0 Å². The van der Waals surface area contributed by atoms with Crippen molar-refractivity contribution in [3.05, 3.63) is 40.9 Å². The van der Waals surface area contributed by atoms with Gasteiger partial charge in [0.05, 0.1) is 17.0 Å². The minimum atomic E-state index is -3.67. The summed E-state index contributed by atoms with van der Waals surface area (Å²) in [6, 6.07) is 6.63. The van der Waals surface area contributed by atoms with Crippen LogP contribution in [0.25, 0.3) is 0 Å². The Morgan fingerprint density at radius 2 is 2.08 bits per heavy atom. The van der Waals surface area contributed by atoms with E-state index in [0.29, 0.717) is 11.6 Å². The van der Waals surface area contributed by atoms with E-state index in [-0.39, 0.29) is 22.4 Å². The number of thiazole rings is 1. The van der Waals surface area contributed by atoms with Crippen molar-refractivity contribution < 1.29 is 13.2 Å². The molecule has 0 unspecified atom stereocenters. The van der Waals surface area contributed by atoms with Crippen LogP contribution in [0.5, 0.6) is 0 Å². The van der Waals surface area contributed by atoms with E-state index in [1.54, 1.807) is 29.6 Å². The number of nitrogens with zero attached hydrogens (tertiary/aromatic N) is 2. The molecule has 1 atom stereocenters. The van der Waals surface area contributed by atoms with Gasteiger partial charge in [0.2, 0.25) is 5.91 Å². The van der Waals surface area contributed by atoms with Gasteiger partial charge in [-0.2, -0.15) is 0 Å². The molecule has 1 aliphatic rings. The van der Waals surface area contributed by atoms with Crippen LogP contribution < -0.4 is 4.72 Å². The van der Waals surface area contributed by atoms with E-state index in [4.69, 9.17) is 0 Å². The molecule has 6 nitrogen and oxygen atoms in total. The molecule has 26 heavy (non-hydrogen) atoms. The highest BCUT2D eigenvalue weighted by atomic mass is 32.2. The number of likely N-dealkylation sites (tertiary alicyclic amines) is 1. The number of aryl methyl sites for hydroxylation is 1. The van der Waals surface area contributed by atoms with E-state index in [9.17, 15) is 13.2 Å². The molecule has 1 aromatic heterocycles. The van der Waals surface area contributed by atoms with Crippen LogP contribution >= 0.6 is 11.3 Å². The van der Waals surface area contributed by atoms with Gasteiger partial charge < -0.3 is 4.90 Å². The number of amides is 1. The lowest BCUT2D eigenvalue weighted by Gasteiger charge is -2.30. The summed E-state index contributed by atoms with van der Waals surface area (Å²) in [5, 5.41) is 2.01. The Labute approximate surface area is 158 Å². The van der Waals surface area contributed by atoms with Gasteiger partial charge in [-0.05, 0) is 37.8 Å². The molecule has 2 aromatic rings. The van der Waals surface area contributed by atoms with Gasteiger partial charge >= 0.3 is 0 Å². The van der Waals surface area contributed by atoms with E-state index >= 15 is 0 Å². The van der Waals surface area contributed by atoms with Crippen molar-refractivity contribution in [3.8, 4) is 0 Å². The van der Waals surface area contributed by atoms with Crippen molar-refractivity contribution in [2.45, 2.75) is 38.0 Å². The average Bonchev–Trinajstić information content (AvgIpc) is 3.01. The van der Waals surface area contributed by atoms with Gasteiger partial charge in [-0.15, -0.1) is 11.3 Å². The zero-order valence-corrected chi connectivity index (χ0v) is 16.6. The van der Waals surface area contributed by atoms with Gasteiger partial charge in [0, 0.05) is 18.5 Å².